The van der Waals surface area contributed by atoms with Crippen molar-refractivity contribution in [1.29, 1.82) is 0 Å². The normalized spacial score (nSPS) is 11.7. The first kappa shape index (κ1) is 24.8. The Labute approximate surface area is 204 Å². The predicted molar refractivity (Wildman–Crippen MR) is 128 cm³/mol. The second-order valence-corrected chi connectivity index (χ2v) is 8.62. The summed E-state index contributed by atoms with van der Waals surface area (Å²) in [6.07, 6.45) is -5.03. The number of ether oxygens (including phenoxy) is 1. The topological polar surface area (TPSA) is 99.6 Å². The van der Waals surface area contributed by atoms with Gasteiger partial charge in [0.1, 0.15) is 11.5 Å². The molecule has 0 saturated heterocycles. The minimum atomic E-state index is -4.50. The van der Waals surface area contributed by atoms with E-state index in [9.17, 15) is 33.0 Å². The van der Waals surface area contributed by atoms with Gasteiger partial charge in [-0.05, 0) is 53.4 Å². The molecule has 4 aromatic rings. The summed E-state index contributed by atoms with van der Waals surface area (Å²) in [5.41, 5.74) is 1.43. The summed E-state index contributed by atoms with van der Waals surface area (Å²) in [4.78, 5) is 26.5. The van der Waals surface area contributed by atoms with Crippen LogP contribution in [-0.2, 0) is 17.4 Å². The number of fused-ring (bicyclic) bond motifs is 1. The Morgan fingerprint density at radius 3 is 2.11 bits per heavy atom. The van der Waals surface area contributed by atoms with E-state index in [0.717, 1.165) is 17.7 Å². The first-order chi connectivity index (χ1) is 17.0. The summed E-state index contributed by atoms with van der Waals surface area (Å²) in [6.45, 7) is 4.06. The monoisotopic (exact) mass is 497 g/mol. The molecule has 9 heteroatoms. The average Bonchev–Trinajstić information content (AvgIpc) is 3.16. The number of benzene rings is 3. The van der Waals surface area contributed by atoms with Gasteiger partial charge in [-0.1, -0.05) is 38.1 Å². The van der Waals surface area contributed by atoms with Gasteiger partial charge in [0, 0.05) is 22.2 Å². The molecule has 3 aromatic carbocycles. The van der Waals surface area contributed by atoms with Gasteiger partial charge < -0.3 is 19.9 Å². The van der Waals surface area contributed by atoms with Crippen LogP contribution in [-0.4, -0.2) is 27.1 Å². The molecule has 0 atom stereocenters. The lowest BCUT2D eigenvalue weighted by Gasteiger charge is -2.15. The van der Waals surface area contributed by atoms with E-state index in [1.165, 1.54) is 12.1 Å². The summed E-state index contributed by atoms with van der Waals surface area (Å²) >= 11 is 0. The number of rotatable bonds is 7. The number of halogens is 3. The van der Waals surface area contributed by atoms with E-state index in [1.807, 2.05) is 26.0 Å². The van der Waals surface area contributed by atoms with Crippen LogP contribution in [0.5, 0.6) is 11.5 Å². The van der Waals surface area contributed by atoms with Crippen molar-refractivity contribution in [3.05, 3.63) is 83.0 Å². The molecule has 0 aliphatic carbocycles. The Kier molecular flexibility index (Phi) is 6.49. The van der Waals surface area contributed by atoms with Gasteiger partial charge in [-0.3, -0.25) is 4.79 Å². The van der Waals surface area contributed by atoms with Crippen molar-refractivity contribution in [2.45, 2.75) is 32.4 Å². The Morgan fingerprint density at radius 2 is 1.58 bits per heavy atom. The zero-order valence-electron chi connectivity index (χ0n) is 19.3. The number of carboxylic acids is 2. The molecule has 186 valence electrons. The number of carboxylic acid groups (broad SMARTS) is 2. The molecule has 0 bridgehead atoms. The zero-order chi connectivity index (χ0) is 26.2. The third-order valence-electron chi connectivity index (χ3n) is 5.82. The van der Waals surface area contributed by atoms with Crippen molar-refractivity contribution in [2.24, 2.45) is 0 Å². The predicted octanol–water partition coefficient (Wildman–Crippen LogP) is 7.09. The van der Waals surface area contributed by atoms with Crippen molar-refractivity contribution < 1.29 is 37.7 Å². The van der Waals surface area contributed by atoms with Crippen molar-refractivity contribution >= 4 is 22.8 Å². The molecule has 0 aliphatic rings. The van der Waals surface area contributed by atoms with Crippen LogP contribution in [0.1, 0.15) is 46.9 Å². The number of nitrogens with one attached hydrogen (secondary N) is 1. The van der Waals surface area contributed by atoms with Crippen molar-refractivity contribution in [1.82, 2.24) is 4.98 Å². The summed E-state index contributed by atoms with van der Waals surface area (Å²) < 4.78 is 44.9. The van der Waals surface area contributed by atoms with Gasteiger partial charge >= 0.3 is 18.1 Å². The Morgan fingerprint density at radius 1 is 0.944 bits per heavy atom. The smallest absolute Gasteiger partial charge is 0.416 e. The summed E-state index contributed by atoms with van der Waals surface area (Å²) in [6, 6.07) is 14.7. The maximum absolute atomic E-state index is 13.0. The summed E-state index contributed by atoms with van der Waals surface area (Å²) in [5, 5.41) is 19.5. The molecule has 0 aliphatic heterocycles. The van der Waals surface area contributed by atoms with E-state index < -0.39 is 30.1 Å². The molecule has 0 spiro atoms. The van der Waals surface area contributed by atoms with Gasteiger partial charge in [-0.25, -0.2) is 4.79 Å². The average molecular weight is 497 g/mol. The highest BCUT2D eigenvalue weighted by atomic mass is 19.4. The van der Waals surface area contributed by atoms with Gasteiger partial charge in [0.2, 0.25) is 0 Å². The molecule has 0 amide bonds. The first-order valence-electron chi connectivity index (χ1n) is 11.0. The second kappa shape index (κ2) is 9.41. The molecule has 36 heavy (non-hydrogen) atoms. The number of alkyl halides is 3. The van der Waals surface area contributed by atoms with E-state index in [-0.39, 0.29) is 34.1 Å². The number of aromatic carboxylic acids is 1. The third-order valence-corrected chi connectivity index (χ3v) is 5.82. The molecule has 3 N–H and O–H groups in total. The fourth-order valence-corrected chi connectivity index (χ4v) is 4.09. The summed E-state index contributed by atoms with van der Waals surface area (Å²) in [5.74, 6) is -1.93. The molecule has 0 unspecified atom stereocenters. The number of aromatic amines is 1. The van der Waals surface area contributed by atoms with Crippen LogP contribution >= 0.6 is 0 Å². The fourth-order valence-electron chi connectivity index (χ4n) is 4.09. The van der Waals surface area contributed by atoms with Gasteiger partial charge in [0.25, 0.3) is 0 Å². The maximum Gasteiger partial charge on any atom is 0.416 e. The Bertz CT molecular complexity index is 1440. The van der Waals surface area contributed by atoms with Crippen molar-refractivity contribution in [2.75, 3.05) is 0 Å². The highest BCUT2D eigenvalue weighted by Crippen LogP contribution is 2.42. The molecule has 0 fully saturated rings. The highest BCUT2D eigenvalue weighted by molar-refractivity contribution is 6.12. The van der Waals surface area contributed by atoms with E-state index >= 15 is 0 Å². The van der Waals surface area contributed by atoms with Crippen molar-refractivity contribution in [3.8, 4) is 22.6 Å². The molecule has 6 nitrogen and oxygen atoms in total. The van der Waals surface area contributed by atoms with E-state index in [2.05, 4.69) is 4.98 Å². The van der Waals surface area contributed by atoms with Crippen molar-refractivity contribution in [3.63, 3.8) is 0 Å². The van der Waals surface area contributed by atoms with Crippen LogP contribution in [0.25, 0.3) is 22.0 Å². The van der Waals surface area contributed by atoms with Crippen LogP contribution in [0.2, 0.25) is 0 Å². The number of aromatic nitrogens is 1. The first-order valence-corrected chi connectivity index (χ1v) is 11.0. The van der Waals surface area contributed by atoms with Crippen LogP contribution in [0.4, 0.5) is 13.2 Å². The standard InChI is InChI=1S/C27H22F3NO5/c1-14(2)15-3-5-16(6-4-15)23-21(36-18-9-7-17(8-10-18)27(28,29)30)12-11-19-24(23)25(26(34)35)20(31-19)13-22(32)33/h3-12,14,31H,13H2,1-2H3,(H,32,33)(H,34,35). The number of H-pyrrole nitrogens is 1. The molecular weight excluding hydrogens is 475 g/mol. The fraction of sp³-hybridized carbons (Fsp3) is 0.185. The van der Waals surface area contributed by atoms with Gasteiger partial charge in [0.05, 0.1) is 17.5 Å². The van der Waals surface area contributed by atoms with Gasteiger partial charge in [-0.15, -0.1) is 0 Å². The number of hydrogen-bond donors (Lipinski definition) is 3. The minimum Gasteiger partial charge on any atom is -0.481 e. The van der Waals surface area contributed by atoms with Crippen LogP contribution in [0, 0.1) is 0 Å². The van der Waals surface area contributed by atoms with Gasteiger partial charge in [0.15, 0.2) is 0 Å². The number of carbonyl (C=O) groups is 2. The van der Waals surface area contributed by atoms with E-state index in [1.54, 1.807) is 24.3 Å². The van der Waals surface area contributed by atoms with Crippen LogP contribution in [0.3, 0.4) is 0 Å². The minimum absolute atomic E-state index is 0.0248. The Hall–Kier alpha value is -4.27. The SMILES string of the molecule is CC(C)c1ccc(-c2c(Oc3ccc(C(F)(F)F)cc3)ccc3[nH]c(CC(=O)O)c(C(=O)O)c23)cc1. The largest absolute Gasteiger partial charge is 0.481 e. The molecule has 0 saturated carbocycles. The van der Waals surface area contributed by atoms with E-state index in [4.69, 9.17) is 4.74 Å². The molecule has 1 aromatic heterocycles. The molecule has 0 radical (unpaired) electrons. The van der Waals surface area contributed by atoms with E-state index in [0.29, 0.717) is 16.6 Å². The molecule has 1 heterocycles. The maximum atomic E-state index is 13.0. The molecular formula is C27H22F3NO5. The quantitative estimate of drug-likeness (QED) is 0.253. The second-order valence-electron chi connectivity index (χ2n) is 8.62. The summed E-state index contributed by atoms with van der Waals surface area (Å²) in [7, 11) is 0. The van der Waals surface area contributed by atoms with Crippen LogP contribution in [0.15, 0.2) is 60.7 Å². The third kappa shape index (κ3) is 4.91. The highest BCUT2D eigenvalue weighted by Gasteiger charge is 2.30. The number of hydrogen-bond acceptors (Lipinski definition) is 3. The lowest BCUT2D eigenvalue weighted by atomic mass is 9.94. The van der Waals surface area contributed by atoms with Gasteiger partial charge in [-0.2, -0.15) is 13.2 Å². The molecule has 4 rings (SSSR count). The van der Waals surface area contributed by atoms with Crippen LogP contribution < -0.4 is 4.74 Å². The lowest BCUT2D eigenvalue weighted by molar-refractivity contribution is -0.138. The number of aliphatic carboxylic acids is 1. The zero-order valence-corrected chi connectivity index (χ0v) is 19.3. The lowest BCUT2D eigenvalue weighted by Crippen LogP contribution is -2.07. The Balaban J connectivity index is 1.93.